The van der Waals surface area contributed by atoms with Crippen molar-refractivity contribution >= 4 is 39.1 Å². The number of fused-ring (bicyclic) bond motifs is 1. The van der Waals surface area contributed by atoms with E-state index in [1.54, 1.807) is 0 Å². The standard InChI is InChI=1S/C19H20BrClN2O3/c1-12-5-15(20)3-4-17(12)22-18(24)9-23(2)8-13-6-16(21)7-14-10-25-11-26-19(13)14/h3-7H,8-11H2,1-2H3,(H,22,24). The van der Waals surface area contributed by atoms with Crippen LogP contribution in [0.1, 0.15) is 16.7 Å². The average Bonchev–Trinajstić information content (AvgIpc) is 2.57. The minimum absolute atomic E-state index is 0.0712. The molecule has 0 spiro atoms. The summed E-state index contributed by atoms with van der Waals surface area (Å²) < 4.78 is 11.9. The number of carbonyl (C=O) groups excluding carboxylic acids is 1. The fourth-order valence-electron chi connectivity index (χ4n) is 2.92. The van der Waals surface area contributed by atoms with E-state index in [0.717, 1.165) is 32.6 Å². The number of benzene rings is 2. The molecule has 26 heavy (non-hydrogen) atoms. The fourth-order valence-corrected chi connectivity index (χ4v) is 3.66. The van der Waals surface area contributed by atoms with Crippen LogP contribution in [-0.4, -0.2) is 31.2 Å². The number of ether oxygens (including phenoxy) is 2. The maximum Gasteiger partial charge on any atom is 0.238 e. The first-order chi connectivity index (χ1) is 12.4. The molecule has 7 heteroatoms. The zero-order chi connectivity index (χ0) is 18.7. The highest BCUT2D eigenvalue weighted by Crippen LogP contribution is 2.32. The fraction of sp³-hybridized carbons (Fsp3) is 0.316. The Morgan fingerprint density at radius 2 is 2.15 bits per heavy atom. The summed E-state index contributed by atoms with van der Waals surface area (Å²) >= 11 is 9.62. The normalized spacial score (nSPS) is 13.3. The van der Waals surface area contributed by atoms with Crippen LogP contribution >= 0.6 is 27.5 Å². The number of anilines is 1. The van der Waals surface area contributed by atoms with Gasteiger partial charge in [-0.3, -0.25) is 9.69 Å². The van der Waals surface area contributed by atoms with Crippen molar-refractivity contribution in [2.75, 3.05) is 25.7 Å². The van der Waals surface area contributed by atoms with Gasteiger partial charge in [-0.15, -0.1) is 0 Å². The van der Waals surface area contributed by atoms with Crippen LogP contribution in [0.5, 0.6) is 5.75 Å². The Kier molecular flexibility index (Phi) is 6.19. The lowest BCUT2D eigenvalue weighted by Gasteiger charge is -2.24. The van der Waals surface area contributed by atoms with Crippen molar-refractivity contribution in [3.05, 3.63) is 56.5 Å². The summed E-state index contributed by atoms with van der Waals surface area (Å²) in [7, 11) is 1.89. The largest absolute Gasteiger partial charge is 0.467 e. The van der Waals surface area contributed by atoms with E-state index < -0.39 is 0 Å². The molecule has 0 aromatic heterocycles. The van der Waals surface area contributed by atoms with Crippen LogP contribution in [0, 0.1) is 6.92 Å². The second-order valence-corrected chi connectivity index (χ2v) is 7.70. The number of hydrogen-bond donors (Lipinski definition) is 1. The van der Waals surface area contributed by atoms with E-state index >= 15 is 0 Å². The summed E-state index contributed by atoms with van der Waals surface area (Å²) in [5.74, 6) is 0.731. The molecule has 1 aliphatic heterocycles. The minimum Gasteiger partial charge on any atom is -0.467 e. The summed E-state index contributed by atoms with van der Waals surface area (Å²) in [4.78, 5) is 14.3. The molecule has 3 rings (SSSR count). The van der Waals surface area contributed by atoms with Crippen LogP contribution < -0.4 is 10.1 Å². The lowest BCUT2D eigenvalue weighted by atomic mass is 10.1. The number of nitrogens with zero attached hydrogens (tertiary/aromatic N) is 1. The summed E-state index contributed by atoms with van der Waals surface area (Å²) in [6.07, 6.45) is 0. The molecule has 1 aliphatic rings. The van der Waals surface area contributed by atoms with Crippen LogP contribution in [0.4, 0.5) is 5.69 Å². The van der Waals surface area contributed by atoms with Crippen molar-refractivity contribution in [2.24, 2.45) is 0 Å². The van der Waals surface area contributed by atoms with Gasteiger partial charge in [-0.2, -0.15) is 0 Å². The molecule has 0 bridgehead atoms. The maximum absolute atomic E-state index is 12.4. The first-order valence-electron chi connectivity index (χ1n) is 8.19. The van der Waals surface area contributed by atoms with Gasteiger partial charge in [-0.25, -0.2) is 0 Å². The topological polar surface area (TPSA) is 50.8 Å². The predicted octanol–water partition coefficient (Wildman–Crippen LogP) is 4.35. The van der Waals surface area contributed by atoms with E-state index in [1.807, 2.05) is 49.2 Å². The predicted molar refractivity (Wildman–Crippen MR) is 106 cm³/mol. The van der Waals surface area contributed by atoms with E-state index in [0.29, 0.717) is 18.2 Å². The lowest BCUT2D eigenvalue weighted by Crippen LogP contribution is -2.30. The summed E-state index contributed by atoms with van der Waals surface area (Å²) in [5.41, 5.74) is 3.70. The van der Waals surface area contributed by atoms with Gasteiger partial charge in [0.25, 0.3) is 0 Å². The van der Waals surface area contributed by atoms with Crippen LogP contribution in [0.3, 0.4) is 0 Å². The van der Waals surface area contributed by atoms with Crippen molar-refractivity contribution in [3.63, 3.8) is 0 Å². The van der Waals surface area contributed by atoms with Gasteiger partial charge in [-0.1, -0.05) is 27.5 Å². The molecule has 0 aliphatic carbocycles. The van der Waals surface area contributed by atoms with Gasteiger partial charge in [0.2, 0.25) is 5.91 Å². The highest BCUT2D eigenvalue weighted by Gasteiger charge is 2.18. The molecular formula is C19H20BrClN2O3. The molecule has 0 unspecified atom stereocenters. The molecule has 0 saturated carbocycles. The molecule has 0 saturated heterocycles. The van der Waals surface area contributed by atoms with E-state index in [-0.39, 0.29) is 19.2 Å². The third kappa shape index (κ3) is 4.76. The summed E-state index contributed by atoms with van der Waals surface area (Å²) in [6.45, 7) is 3.48. The van der Waals surface area contributed by atoms with Crippen molar-refractivity contribution in [1.29, 1.82) is 0 Å². The van der Waals surface area contributed by atoms with Crippen molar-refractivity contribution in [1.82, 2.24) is 4.90 Å². The molecule has 0 radical (unpaired) electrons. The quantitative estimate of drug-likeness (QED) is 0.752. The van der Waals surface area contributed by atoms with E-state index in [2.05, 4.69) is 21.2 Å². The van der Waals surface area contributed by atoms with E-state index in [1.165, 1.54) is 0 Å². The van der Waals surface area contributed by atoms with Crippen molar-refractivity contribution < 1.29 is 14.3 Å². The Morgan fingerprint density at radius 3 is 2.92 bits per heavy atom. The summed E-state index contributed by atoms with van der Waals surface area (Å²) in [5, 5.41) is 3.58. The monoisotopic (exact) mass is 438 g/mol. The molecule has 5 nitrogen and oxygen atoms in total. The Hall–Kier alpha value is -1.60. The second kappa shape index (κ2) is 8.39. The number of rotatable bonds is 5. The zero-order valence-corrected chi connectivity index (χ0v) is 17.0. The molecule has 1 amide bonds. The third-order valence-corrected chi connectivity index (χ3v) is 4.78. The van der Waals surface area contributed by atoms with Crippen LogP contribution in [0.15, 0.2) is 34.8 Å². The van der Waals surface area contributed by atoms with E-state index in [4.69, 9.17) is 21.1 Å². The molecule has 0 fully saturated rings. The Balaban J connectivity index is 1.64. The minimum atomic E-state index is -0.0712. The van der Waals surface area contributed by atoms with Crippen molar-refractivity contribution in [3.8, 4) is 5.75 Å². The number of carbonyl (C=O) groups is 1. The molecule has 138 valence electrons. The first kappa shape index (κ1) is 19.2. The third-order valence-electron chi connectivity index (χ3n) is 4.07. The highest BCUT2D eigenvalue weighted by molar-refractivity contribution is 9.10. The van der Waals surface area contributed by atoms with Gasteiger partial charge in [0.1, 0.15) is 5.75 Å². The number of nitrogens with one attached hydrogen (secondary N) is 1. The Labute approximate surface area is 166 Å². The van der Waals surface area contributed by atoms with Crippen molar-refractivity contribution in [2.45, 2.75) is 20.1 Å². The molecule has 0 atom stereocenters. The lowest BCUT2D eigenvalue weighted by molar-refractivity contribution is -0.117. The molecule has 1 heterocycles. The van der Waals surface area contributed by atoms with Crippen LogP contribution in [0.2, 0.25) is 5.02 Å². The number of likely N-dealkylation sites (N-methyl/N-ethyl adjacent to an activating group) is 1. The van der Waals surface area contributed by atoms with Gasteiger partial charge < -0.3 is 14.8 Å². The van der Waals surface area contributed by atoms with Crippen LogP contribution in [0.25, 0.3) is 0 Å². The van der Waals surface area contributed by atoms with E-state index in [9.17, 15) is 4.79 Å². The van der Waals surface area contributed by atoms with Gasteiger partial charge in [-0.05, 0) is 49.9 Å². The van der Waals surface area contributed by atoms with Gasteiger partial charge in [0.05, 0.1) is 13.2 Å². The zero-order valence-electron chi connectivity index (χ0n) is 14.6. The maximum atomic E-state index is 12.4. The smallest absolute Gasteiger partial charge is 0.238 e. The van der Waals surface area contributed by atoms with Crippen LogP contribution in [-0.2, 0) is 22.7 Å². The number of halogens is 2. The SMILES string of the molecule is Cc1cc(Br)ccc1NC(=O)CN(C)Cc1cc(Cl)cc2c1OCOC2. The first-order valence-corrected chi connectivity index (χ1v) is 9.36. The van der Waals surface area contributed by atoms with Gasteiger partial charge in [0.15, 0.2) is 6.79 Å². The van der Waals surface area contributed by atoms with Gasteiger partial charge in [0, 0.05) is 32.9 Å². The molecular weight excluding hydrogens is 420 g/mol. The molecule has 1 N–H and O–H groups in total. The Morgan fingerprint density at radius 1 is 1.35 bits per heavy atom. The number of hydrogen-bond acceptors (Lipinski definition) is 4. The highest BCUT2D eigenvalue weighted by atomic mass is 79.9. The number of aryl methyl sites for hydroxylation is 1. The second-order valence-electron chi connectivity index (χ2n) is 6.34. The van der Waals surface area contributed by atoms with Gasteiger partial charge >= 0.3 is 0 Å². The molecule has 2 aromatic rings. The Bertz CT molecular complexity index is 829. The average molecular weight is 440 g/mol. The summed E-state index contributed by atoms with van der Waals surface area (Å²) in [6, 6.07) is 9.49. The molecule has 2 aromatic carbocycles. The number of amides is 1.